The Hall–Kier alpha value is -7.21. The third kappa shape index (κ3) is 5.93. The highest BCUT2D eigenvalue weighted by Gasteiger charge is 2.35. The highest BCUT2D eigenvalue weighted by atomic mass is 32.1. The molecule has 10 aromatic rings. The van der Waals surface area contributed by atoms with E-state index in [0.29, 0.717) is 17.5 Å². The lowest BCUT2D eigenvalue weighted by Crippen LogP contribution is -2.16. The highest BCUT2D eigenvalue weighted by Crippen LogP contribution is 2.51. The van der Waals surface area contributed by atoms with E-state index < -0.39 is 0 Å². The molecule has 8 aromatic carbocycles. The smallest absolute Gasteiger partial charge is 0.164 e. The fourth-order valence-electron chi connectivity index (χ4n) is 8.88. The molecule has 0 bridgehead atoms. The minimum Gasteiger partial charge on any atom is -0.310 e. The molecule has 280 valence electrons. The SMILES string of the molecule is CC1(C)c2ccccc2-c2ccc(N(c3ccccc3)c3ccc4c(c3)sc3cccc(-c5ccccc5-c5nc(-c6ccccc6)nc(-c6ccccc6)n5)c34)cc21. The normalized spacial score (nSPS) is 12.7. The number of nitrogens with zero attached hydrogens (tertiary/aromatic N) is 4. The van der Waals surface area contributed by atoms with Gasteiger partial charge < -0.3 is 4.90 Å². The zero-order valence-electron chi connectivity index (χ0n) is 32.7. The predicted octanol–water partition coefficient (Wildman–Crippen LogP) is 14.7. The van der Waals surface area contributed by atoms with Crippen LogP contribution in [0.2, 0.25) is 0 Å². The molecule has 59 heavy (non-hydrogen) atoms. The van der Waals surface area contributed by atoms with Crippen LogP contribution in [0.4, 0.5) is 17.1 Å². The van der Waals surface area contributed by atoms with Crippen LogP contribution in [0.1, 0.15) is 25.0 Å². The van der Waals surface area contributed by atoms with Gasteiger partial charge in [-0.05, 0) is 75.8 Å². The zero-order chi connectivity index (χ0) is 39.5. The minimum absolute atomic E-state index is 0.0973. The summed E-state index contributed by atoms with van der Waals surface area (Å²) in [5.74, 6) is 1.94. The van der Waals surface area contributed by atoms with Crippen molar-refractivity contribution in [2.24, 2.45) is 0 Å². The Bertz CT molecular complexity index is 3130. The molecule has 0 unspecified atom stereocenters. The van der Waals surface area contributed by atoms with Gasteiger partial charge in [-0.3, -0.25) is 0 Å². The Balaban J connectivity index is 1.05. The highest BCUT2D eigenvalue weighted by molar-refractivity contribution is 7.26. The van der Waals surface area contributed by atoms with E-state index in [-0.39, 0.29) is 5.41 Å². The Kier molecular flexibility index (Phi) is 8.31. The number of benzene rings is 8. The van der Waals surface area contributed by atoms with E-state index in [1.54, 1.807) is 0 Å². The predicted molar refractivity (Wildman–Crippen MR) is 247 cm³/mol. The summed E-state index contributed by atoms with van der Waals surface area (Å²) in [6.45, 7) is 4.69. The number of fused-ring (bicyclic) bond motifs is 6. The van der Waals surface area contributed by atoms with Crippen LogP contribution in [0.3, 0.4) is 0 Å². The van der Waals surface area contributed by atoms with E-state index in [0.717, 1.165) is 44.9 Å². The largest absolute Gasteiger partial charge is 0.310 e. The van der Waals surface area contributed by atoms with Crippen molar-refractivity contribution < 1.29 is 0 Å². The average molecular weight is 775 g/mol. The summed E-state index contributed by atoms with van der Waals surface area (Å²) in [7, 11) is 0. The maximum Gasteiger partial charge on any atom is 0.164 e. The van der Waals surface area contributed by atoms with Crippen LogP contribution in [0.15, 0.2) is 194 Å². The van der Waals surface area contributed by atoms with Gasteiger partial charge in [0.1, 0.15) is 0 Å². The second-order valence-corrected chi connectivity index (χ2v) is 16.7. The van der Waals surface area contributed by atoms with Crippen LogP contribution in [0, 0.1) is 0 Å². The Morgan fingerprint density at radius 2 is 0.932 bits per heavy atom. The summed E-state index contributed by atoms with van der Waals surface area (Å²) in [4.78, 5) is 17.6. The third-order valence-electron chi connectivity index (χ3n) is 11.7. The van der Waals surface area contributed by atoms with Gasteiger partial charge in [-0.2, -0.15) is 0 Å². The Morgan fingerprint density at radius 1 is 0.390 bits per heavy atom. The van der Waals surface area contributed by atoms with E-state index in [2.05, 4.69) is 176 Å². The molecular formula is C54H38N4S. The molecule has 0 saturated heterocycles. The summed E-state index contributed by atoms with van der Waals surface area (Å²) in [6.07, 6.45) is 0. The molecule has 4 nitrogen and oxygen atoms in total. The van der Waals surface area contributed by atoms with Crippen molar-refractivity contribution in [3.8, 4) is 56.4 Å². The molecule has 2 aromatic heterocycles. The lowest BCUT2D eigenvalue weighted by Gasteiger charge is -2.28. The van der Waals surface area contributed by atoms with Crippen molar-refractivity contribution >= 4 is 48.6 Å². The van der Waals surface area contributed by atoms with Gasteiger partial charge in [-0.1, -0.05) is 166 Å². The summed E-state index contributed by atoms with van der Waals surface area (Å²) in [5.41, 5.74) is 13.8. The van der Waals surface area contributed by atoms with Gasteiger partial charge in [-0.15, -0.1) is 11.3 Å². The summed E-state index contributed by atoms with van der Waals surface area (Å²) < 4.78 is 2.47. The van der Waals surface area contributed by atoms with Crippen LogP contribution >= 0.6 is 11.3 Å². The van der Waals surface area contributed by atoms with Crippen molar-refractivity contribution in [3.63, 3.8) is 0 Å². The second kappa shape index (κ2) is 14.0. The molecule has 5 heteroatoms. The number of hydrogen-bond acceptors (Lipinski definition) is 5. The second-order valence-electron chi connectivity index (χ2n) is 15.6. The first-order valence-corrected chi connectivity index (χ1v) is 20.8. The molecule has 1 aliphatic carbocycles. The van der Waals surface area contributed by atoms with E-state index in [1.807, 2.05) is 47.7 Å². The fourth-order valence-corrected chi connectivity index (χ4v) is 10.0. The Labute approximate surface area is 347 Å². The monoisotopic (exact) mass is 774 g/mol. The zero-order valence-corrected chi connectivity index (χ0v) is 33.5. The van der Waals surface area contributed by atoms with Gasteiger partial charge in [-0.25, -0.2) is 15.0 Å². The van der Waals surface area contributed by atoms with E-state index in [9.17, 15) is 0 Å². The Morgan fingerprint density at radius 3 is 1.64 bits per heavy atom. The molecule has 0 amide bonds. The van der Waals surface area contributed by atoms with Gasteiger partial charge in [0, 0.05) is 59.3 Å². The molecule has 2 heterocycles. The van der Waals surface area contributed by atoms with Crippen molar-refractivity contribution in [1.29, 1.82) is 0 Å². The van der Waals surface area contributed by atoms with Crippen LogP contribution in [0.25, 0.3) is 76.6 Å². The van der Waals surface area contributed by atoms with E-state index in [4.69, 9.17) is 15.0 Å². The van der Waals surface area contributed by atoms with Gasteiger partial charge in [0.2, 0.25) is 0 Å². The van der Waals surface area contributed by atoms with Crippen LogP contribution in [-0.2, 0) is 5.41 Å². The standard InChI is InChI=1S/C54H38N4S/c1-54(2)46-27-15-14-24-41(46)42-31-29-38(33-47(42)54)58(37-21-10-5-11-22-37)39-30-32-45-49(34-39)59-48-28-16-26-43(50(45)48)40-23-12-13-25-44(40)53-56-51(35-17-6-3-7-18-35)55-52(57-53)36-19-8-4-9-20-36/h3-34H,1-2H3. The van der Waals surface area contributed by atoms with Crippen LogP contribution in [-0.4, -0.2) is 15.0 Å². The number of anilines is 3. The van der Waals surface area contributed by atoms with Crippen molar-refractivity contribution in [2.75, 3.05) is 4.90 Å². The van der Waals surface area contributed by atoms with E-state index >= 15 is 0 Å². The molecule has 0 saturated carbocycles. The van der Waals surface area contributed by atoms with Gasteiger partial charge >= 0.3 is 0 Å². The lowest BCUT2D eigenvalue weighted by molar-refractivity contribution is 0.660. The molecule has 0 atom stereocenters. The summed E-state index contributed by atoms with van der Waals surface area (Å²) in [5, 5.41) is 2.46. The number of hydrogen-bond donors (Lipinski definition) is 0. The molecule has 0 radical (unpaired) electrons. The number of rotatable bonds is 7. The average Bonchev–Trinajstić information content (AvgIpc) is 3.78. The number of thiophene rings is 1. The van der Waals surface area contributed by atoms with Crippen LogP contribution < -0.4 is 4.90 Å². The summed E-state index contributed by atoms with van der Waals surface area (Å²) >= 11 is 1.84. The molecule has 11 rings (SSSR count). The first kappa shape index (κ1) is 35.0. The minimum atomic E-state index is -0.0973. The first-order valence-electron chi connectivity index (χ1n) is 20.0. The molecule has 0 aliphatic heterocycles. The number of aromatic nitrogens is 3. The van der Waals surface area contributed by atoms with E-state index in [1.165, 1.54) is 42.4 Å². The van der Waals surface area contributed by atoms with Crippen molar-refractivity contribution in [1.82, 2.24) is 15.0 Å². The van der Waals surface area contributed by atoms with Crippen molar-refractivity contribution in [2.45, 2.75) is 19.3 Å². The molecule has 0 N–H and O–H groups in total. The maximum absolute atomic E-state index is 5.12. The molecule has 0 fully saturated rings. The lowest BCUT2D eigenvalue weighted by atomic mass is 9.82. The molecule has 1 aliphatic rings. The number of para-hydroxylation sites is 1. The van der Waals surface area contributed by atoms with Gasteiger partial charge in [0.05, 0.1) is 0 Å². The van der Waals surface area contributed by atoms with Gasteiger partial charge in [0.25, 0.3) is 0 Å². The maximum atomic E-state index is 5.12. The van der Waals surface area contributed by atoms with Crippen LogP contribution in [0.5, 0.6) is 0 Å². The molecule has 0 spiro atoms. The third-order valence-corrected chi connectivity index (χ3v) is 12.9. The topological polar surface area (TPSA) is 41.9 Å². The fraction of sp³-hybridized carbons (Fsp3) is 0.0556. The first-order chi connectivity index (χ1) is 29.0. The van der Waals surface area contributed by atoms with Crippen molar-refractivity contribution in [3.05, 3.63) is 205 Å². The van der Waals surface area contributed by atoms with Gasteiger partial charge in [0.15, 0.2) is 17.5 Å². The summed E-state index contributed by atoms with van der Waals surface area (Å²) in [6, 6.07) is 69.0. The molecular weight excluding hydrogens is 737 g/mol. The quantitative estimate of drug-likeness (QED) is 0.162.